The lowest BCUT2D eigenvalue weighted by molar-refractivity contribution is -0.113. The van der Waals surface area contributed by atoms with Crippen LogP contribution in [0.5, 0.6) is 0 Å². The molecule has 4 N–H and O–H groups in total. The molecule has 0 atom stereocenters. The number of anilines is 2. The van der Waals surface area contributed by atoms with E-state index in [2.05, 4.69) is 23.8 Å². The molecule has 0 unspecified atom stereocenters. The highest BCUT2D eigenvalue weighted by molar-refractivity contribution is 7.86. The van der Waals surface area contributed by atoms with E-state index in [1.54, 1.807) is 0 Å². The van der Waals surface area contributed by atoms with E-state index in [4.69, 9.17) is 0 Å². The molecule has 0 aliphatic rings. The first-order valence-corrected chi connectivity index (χ1v) is 11.7. The van der Waals surface area contributed by atoms with Crippen molar-refractivity contribution in [3.8, 4) is 11.1 Å². The molecule has 0 saturated carbocycles. The zero-order chi connectivity index (χ0) is 24.4. The van der Waals surface area contributed by atoms with Crippen molar-refractivity contribution in [1.29, 1.82) is 0 Å². The molecule has 0 aliphatic heterocycles. The van der Waals surface area contributed by atoms with Crippen molar-refractivity contribution < 1.29 is 35.5 Å². The summed E-state index contributed by atoms with van der Waals surface area (Å²) in [5.41, 5.74) is -0.272. The highest BCUT2D eigenvalue weighted by atomic mass is 32.2. The molecule has 0 saturated heterocycles. The largest absolute Gasteiger partial charge is 0.322 e. The van der Waals surface area contributed by atoms with Gasteiger partial charge in [-0.25, -0.2) is 0 Å². The maximum Gasteiger partial charge on any atom is 0.295 e. The third-order valence-corrected chi connectivity index (χ3v) is 5.89. The highest BCUT2D eigenvalue weighted by Crippen LogP contribution is 2.35. The molecular weight excluding hydrogens is 460 g/mol. The van der Waals surface area contributed by atoms with Crippen LogP contribution in [0.25, 0.3) is 11.1 Å². The lowest BCUT2D eigenvalue weighted by atomic mass is 10.0. The van der Waals surface area contributed by atoms with Crippen LogP contribution in [0.4, 0.5) is 11.4 Å². The van der Waals surface area contributed by atoms with E-state index in [9.17, 15) is 35.5 Å². The summed E-state index contributed by atoms with van der Waals surface area (Å²) in [4.78, 5) is 22.2. The quantitative estimate of drug-likeness (QED) is 0.347. The first kappa shape index (κ1) is 24.9. The average molecular weight is 481 g/mol. The van der Waals surface area contributed by atoms with Gasteiger partial charge < -0.3 is 10.6 Å². The Labute approximate surface area is 185 Å². The Bertz CT molecular complexity index is 1250. The van der Waals surface area contributed by atoms with Crippen molar-refractivity contribution in [2.24, 2.45) is 0 Å². The van der Waals surface area contributed by atoms with Crippen molar-refractivity contribution in [3.05, 3.63) is 60.7 Å². The van der Waals surface area contributed by atoms with Crippen LogP contribution in [0.15, 0.2) is 70.5 Å². The van der Waals surface area contributed by atoms with Crippen LogP contribution in [-0.4, -0.2) is 37.8 Å². The minimum Gasteiger partial charge on any atom is -0.322 e. The zero-order valence-electron chi connectivity index (χ0n) is 17.0. The molecule has 170 valence electrons. The number of hydrogen-bond acceptors (Lipinski definition) is 6. The molecule has 0 bridgehead atoms. The molecule has 2 rings (SSSR count). The summed E-state index contributed by atoms with van der Waals surface area (Å²) in [6.45, 7) is 9.77. The molecule has 0 spiro atoms. The number of benzene rings is 2. The first-order valence-electron chi connectivity index (χ1n) is 8.78. The summed E-state index contributed by atoms with van der Waals surface area (Å²) in [6, 6.07) is 6.69. The lowest BCUT2D eigenvalue weighted by Gasteiger charge is -2.15. The predicted octanol–water partition coefficient (Wildman–Crippen LogP) is 2.88. The van der Waals surface area contributed by atoms with E-state index >= 15 is 0 Å². The second-order valence-electron chi connectivity index (χ2n) is 6.84. The summed E-state index contributed by atoms with van der Waals surface area (Å²) in [6.07, 6.45) is 0. The molecule has 2 aromatic carbocycles. The van der Waals surface area contributed by atoms with Gasteiger partial charge in [-0.3, -0.25) is 18.7 Å². The van der Waals surface area contributed by atoms with Crippen LogP contribution in [0.3, 0.4) is 0 Å². The van der Waals surface area contributed by atoms with Gasteiger partial charge in [0.1, 0.15) is 9.79 Å². The van der Waals surface area contributed by atoms with Gasteiger partial charge in [0.15, 0.2) is 0 Å². The summed E-state index contributed by atoms with van der Waals surface area (Å²) < 4.78 is 67.4. The zero-order valence-corrected chi connectivity index (χ0v) is 18.7. The maximum absolute atomic E-state index is 12.0. The monoisotopic (exact) mass is 480 g/mol. The summed E-state index contributed by atoms with van der Waals surface area (Å²) in [5, 5.41) is 4.76. The van der Waals surface area contributed by atoms with Crippen LogP contribution in [-0.2, 0) is 29.8 Å². The van der Waals surface area contributed by atoms with E-state index in [0.29, 0.717) is 0 Å². The number of amides is 2. The smallest absolute Gasteiger partial charge is 0.295 e. The molecular formula is C20H20N2O8S2. The van der Waals surface area contributed by atoms with Crippen LogP contribution in [0.2, 0.25) is 0 Å². The van der Waals surface area contributed by atoms with Gasteiger partial charge in [0.05, 0.1) is 0 Å². The van der Waals surface area contributed by atoms with Gasteiger partial charge in [0, 0.05) is 33.6 Å². The van der Waals surface area contributed by atoms with Gasteiger partial charge in [-0.05, 0) is 38.1 Å². The second-order valence-corrected chi connectivity index (χ2v) is 9.62. The summed E-state index contributed by atoms with van der Waals surface area (Å²) >= 11 is 0. The number of carbonyl (C=O) groups is 2. The average Bonchev–Trinajstić information content (AvgIpc) is 2.66. The fourth-order valence-electron chi connectivity index (χ4n) is 2.55. The Morgan fingerprint density at radius 1 is 0.719 bits per heavy atom. The number of nitrogens with one attached hydrogen (secondary N) is 2. The molecule has 32 heavy (non-hydrogen) atoms. The molecule has 0 fully saturated rings. The highest BCUT2D eigenvalue weighted by Gasteiger charge is 2.24. The Morgan fingerprint density at radius 2 is 1.03 bits per heavy atom. The Hall–Kier alpha value is -3.32. The van der Waals surface area contributed by atoms with E-state index < -0.39 is 41.8 Å². The summed E-state index contributed by atoms with van der Waals surface area (Å²) in [5.74, 6) is -1.20. The van der Waals surface area contributed by atoms with E-state index in [1.165, 1.54) is 26.0 Å². The lowest BCUT2D eigenvalue weighted by Crippen LogP contribution is -2.13. The predicted molar refractivity (Wildman–Crippen MR) is 118 cm³/mol. The topological polar surface area (TPSA) is 167 Å². The Balaban J connectivity index is 2.72. The van der Waals surface area contributed by atoms with E-state index in [1.807, 2.05) is 0 Å². The minimum atomic E-state index is -4.89. The molecule has 2 aromatic rings. The number of hydrogen-bond donors (Lipinski definition) is 4. The van der Waals surface area contributed by atoms with Crippen LogP contribution < -0.4 is 10.6 Å². The third kappa shape index (κ3) is 5.88. The van der Waals surface area contributed by atoms with Crippen molar-refractivity contribution >= 4 is 43.4 Å². The normalized spacial score (nSPS) is 11.5. The Kier molecular flexibility index (Phi) is 7.05. The first-order chi connectivity index (χ1) is 14.6. The van der Waals surface area contributed by atoms with Crippen molar-refractivity contribution in [1.82, 2.24) is 0 Å². The molecule has 12 heteroatoms. The molecule has 0 heterocycles. The fraction of sp³-hybridized carbons (Fsp3) is 0.100. The molecule has 0 aliphatic carbocycles. The van der Waals surface area contributed by atoms with Crippen LogP contribution >= 0.6 is 0 Å². The van der Waals surface area contributed by atoms with Gasteiger partial charge >= 0.3 is 0 Å². The number of carbonyl (C=O) groups excluding carboxylic acids is 2. The van der Waals surface area contributed by atoms with Gasteiger partial charge in [0.2, 0.25) is 0 Å². The van der Waals surface area contributed by atoms with Crippen molar-refractivity contribution in [2.75, 3.05) is 10.6 Å². The second kappa shape index (κ2) is 9.04. The van der Waals surface area contributed by atoms with Crippen molar-refractivity contribution in [2.45, 2.75) is 23.6 Å². The number of rotatable bonds is 7. The van der Waals surface area contributed by atoms with Gasteiger partial charge in [-0.15, -0.1) is 0 Å². The Morgan fingerprint density at radius 3 is 1.28 bits per heavy atom. The van der Waals surface area contributed by atoms with Gasteiger partial charge in [0.25, 0.3) is 32.1 Å². The fourth-order valence-corrected chi connectivity index (χ4v) is 4.01. The van der Waals surface area contributed by atoms with Crippen LogP contribution in [0.1, 0.15) is 13.8 Å². The standard InChI is InChI=1S/C20H20N2O8S2/c1-11(2)19(23)21-13-5-7-15(17(9-13)31(25,26)27)16-8-6-14(22-20(24)12(3)4)10-18(16)32(28,29)30/h5-10H,1,3H2,2,4H3,(H,21,23)(H,22,24)(H,25,26,27)(H,28,29,30). The third-order valence-electron chi connectivity index (χ3n) is 4.10. The van der Waals surface area contributed by atoms with Crippen LogP contribution in [0, 0.1) is 0 Å². The van der Waals surface area contributed by atoms with Gasteiger partial charge in [-0.1, -0.05) is 25.3 Å². The van der Waals surface area contributed by atoms with Gasteiger partial charge in [-0.2, -0.15) is 16.8 Å². The van der Waals surface area contributed by atoms with E-state index in [-0.39, 0.29) is 33.6 Å². The molecule has 2 amide bonds. The molecule has 0 radical (unpaired) electrons. The maximum atomic E-state index is 12.0. The SMILES string of the molecule is C=C(C)C(=O)Nc1ccc(-c2ccc(NC(=O)C(=C)C)cc2S(=O)(=O)O)c(S(=O)(=O)O)c1. The summed E-state index contributed by atoms with van der Waals surface area (Å²) in [7, 11) is -9.79. The molecule has 10 nitrogen and oxygen atoms in total. The minimum absolute atomic E-state index is 0.00637. The van der Waals surface area contributed by atoms with Crippen molar-refractivity contribution in [3.63, 3.8) is 0 Å². The van der Waals surface area contributed by atoms with E-state index in [0.717, 1.165) is 24.3 Å². The molecule has 0 aromatic heterocycles.